The highest BCUT2D eigenvalue weighted by Gasteiger charge is 2.57. The number of hydrogen-bond acceptors (Lipinski definition) is 8. The van der Waals surface area contributed by atoms with Crippen molar-refractivity contribution in [2.24, 2.45) is 5.92 Å². The van der Waals surface area contributed by atoms with Gasteiger partial charge in [0.15, 0.2) is 17.5 Å². The van der Waals surface area contributed by atoms with E-state index in [1.165, 1.54) is 24.0 Å². The Bertz CT molecular complexity index is 811. The summed E-state index contributed by atoms with van der Waals surface area (Å²) < 4.78 is 7.34. The zero-order valence-corrected chi connectivity index (χ0v) is 13.3. The molecular weight excluding hydrogens is 314 g/mol. The van der Waals surface area contributed by atoms with Gasteiger partial charge in [-0.25, -0.2) is 9.97 Å². The monoisotopic (exact) mass is 333 g/mol. The van der Waals surface area contributed by atoms with Gasteiger partial charge in [-0.2, -0.15) is 4.98 Å². The Morgan fingerprint density at radius 3 is 2.88 bits per heavy atom. The Labute approximate surface area is 138 Å². The molecule has 3 heterocycles. The van der Waals surface area contributed by atoms with E-state index in [0.29, 0.717) is 11.2 Å². The summed E-state index contributed by atoms with van der Waals surface area (Å²) in [7, 11) is 0. The molecule has 0 aromatic carbocycles. The van der Waals surface area contributed by atoms with Crippen molar-refractivity contribution in [3.8, 4) is 11.8 Å². The van der Waals surface area contributed by atoms with E-state index in [1.54, 1.807) is 6.92 Å². The van der Waals surface area contributed by atoms with Crippen LogP contribution in [0.2, 0.25) is 0 Å². The zero-order chi connectivity index (χ0) is 17.5. The molecule has 1 aliphatic heterocycles. The SMILES string of the molecule is CC#CC1(O)C(CO)[C@@H]([C@H](C)O)O[C@H]1n1cnc2cnc(N)nc21. The first-order valence-electron chi connectivity index (χ1n) is 7.48. The number of anilines is 1. The van der Waals surface area contributed by atoms with Gasteiger partial charge in [0.2, 0.25) is 5.95 Å². The maximum absolute atomic E-state index is 11.1. The second-order valence-corrected chi connectivity index (χ2v) is 5.77. The van der Waals surface area contributed by atoms with E-state index in [4.69, 9.17) is 10.5 Å². The van der Waals surface area contributed by atoms with Gasteiger partial charge in [0.1, 0.15) is 5.52 Å². The Kier molecular flexibility index (Phi) is 4.15. The first kappa shape index (κ1) is 16.6. The first-order chi connectivity index (χ1) is 11.4. The van der Waals surface area contributed by atoms with Crippen LogP contribution >= 0.6 is 0 Å². The van der Waals surface area contributed by atoms with Crippen molar-refractivity contribution in [3.05, 3.63) is 12.5 Å². The number of nitrogen functional groups attached to an aromatic ring is 1. The highest BCUT2D eigenvalue weighted by atomic mass is 16.6. The third-order valence-corrected chi connectivity index (χ3v) is 4.21. The van der Waals surface area contributed by atoms with E-state index in [1.807, 2.05) is 0 Å². The van der Waals surface area contributed by atoms with Crippen molar-refractivity contribution in [2.75, 3.05) is 12.3 Å². The molecule has 0 bridgehead atoms. The molecule has 2 aromatic rings. The molecule has 3 rings (SSSR count). The van der Waals surface area contributed by atoms with Crippen LogP contribution in [0.15, 0.2) is 12.5 Å². The van der Waals surface area contributed by atoms with Crippen LogP contribution in [0.1, 0.15) is 20.1 Å². The number of aromatic nitrogens is 4. The lowest BCUT2D eigenvalue weighted by atomic mass is 9.84. The van der Waals surface area contributed by atoms with Crippen LogP contribution in [0.4, 0.5) is 5.95 Å². The fourth-order valence-corrected chi connectivity index (χ4v) is 3.12. The summed E-state index contributed by atoms with van der Waals surface area (Å²) in [5.41, 5.74) is 4.75. The quantitative estimate of drug-likeness (QED) is 0.527. The molecule has 9 heteroatoms. The highest BCUT2D eigenvalue weighted by Crippen LogP contribution is 2.44. The minimum Gasteiger partial charge on any atom is -0.396 e. The minimum absolute atomic E-state index is 0.0538. The number of aliphatic hydroxyl groups is 3. The molecule has 128 valence electrons. The molecule has 0 radical (unpaired) electrons. The summed E-state index contributed by atoms with van der Waals surface area (Å²) in [5, 5.41) is 30.8. The van der Waals surface area contributed by atoms with E-state index in [-0.39, 0.29) is 5.95 Å². The highest BCUT2D eigenvalue weighted by molar-refractivity contribution is 5.70. The van der Waals surface area contributed by atoms with E-state index < -0.39 is 36.6 Å². The minimum atomic E-state index is -1.72. The molecule has 0 spiro atoms. The van der Waals surface area contributed by atoms with Crippen LogP contribution in [0.5, 0.6) is 0 Å². The number of rotatable bonds is 3. The van der Waals surface area contributed by atoms with Gasteiger partial charge in [-0.3, -0.25) is 4.57 Å². The van der Waals surface area contributed by atoms with E-state index in [2.05, 4.69) is 26.8 Å². The van der Waals surface area contributed by atoms with Crippen molar-refractivity contribution in [3.63, 3.8) is 0 Å². The number of imidazole rings is 1. The average molecular weight is 333 g/mol. The van der Waals surface area contributed by atoms with Gasteiger partial charge in [0.25, 0.3) is 0 Å². The molecule has 2 unspecified atom stereocenters. The molecule has 0 aliphatic carbocycles. The van der Waals surface area contributed by atoms with E-state index in [0.717, 1.165) is 0 Å². The van der Waals surface area contributed by atoms with Crippen molar-refractivity contribution < 1.29 is 20.1 Å². The fraction of sp³-hybridized carbons (Fsp3) is 0.533. The van der Waals surface area contributed by atoms with Gasteiger partial charge in [-0.1, -0.05) is 5.92 Å². The van der Waals surface area contributed by atoms with Crippen molar-refractivity contribution >= 4 is 17.1 Å². The summed E-state index contributed by atoms with van der Waals surface area (Å²) in [6.07, 6.45) is 0.170. The average Bonchev–Trinajstić information content (AvgIpc) is 3.05. The predicted octanol–water partition coefficient (Wildman–Crippen LogP) is -0.950. The largest absolute Gasteiger partial charge is 0.396 e. The molecule has 9 nitrogen and oxygen atoms in total. The Hall–Kier alpha value is -2.25. The Morgan fingerprint density at radius 1 is 1.50 bits per heavy atom. The summed E-state index contributed by atoms with van der Waals surface area (Å²) in [5.74, 6) is 4.63. The van der Waals surface area contributed by atoms with Gasteiger partial charge < -0.3 is 25.8 Å². The molecule has 2 aromatic heterocycles. The molecule has 0 amide bonds. The van der Waals surface area contributed by atoms with E-state index in [9.17, 15) is 15.3 Å². The summed E-state index contributed by atoms with van der Waals surface area (Å²) in [6.45, 7) is 2.70. The van der Waals surface area contributed by atoms with Crippen LogP contribution in [0.3, 0.4) is 0 Å². The lowest BCUT2D eigenvalue weighted by Gasteiger charge is -2.28. The smallest absolute Gasteiger partial charge is 0.222 e. The Morgan fingerprint density at radius 2 is 2.25 bits per heavy atom. The predicted molar refractivity (Wildman–Crippen MR) is 84.3 cm³/mol. The lowest BCUT2D eigenvalue weighted by molar-refractivity contribution is -0.0845. The summed E-state index contributed by atoms with van der Waals surface area (Å²) in [4.78, 5) is 12.2. The van der Waals surface area contributed by atoms with Gasteiger partial charge >= 0.3 is 0 Å². The van der Waals surface area contributed by atoms with Crippen LogP contribution in [-0.2, 0) is 4.74 Å². The molecule has 5 N–H and O–H groups in total. The van der Waals surface area contributed by atoms with Gasteiger partial charge in [-0.15, -0.1) is 5.92 Å². The second-order valence-electron chi connectivity index (χ2n) is 5.77. The van der Waals surface area contributed by atoms with Crippen molar-refractivity contribution in [1.82, 2.24) is 19.5 Å². The van der Waals surface area contributed by atoms with Crippen LogP contribution in [0.25, 0.3) is 11.2 Å². The number of nitrogens with zero attached hydrogens (tertiary/aromatic N) is 4. The van der Waals surface area contributed by atoms with Gasteiger partial charge in [-0.05, 0) is 13.8 Å². The van der Waals surface area contributed by atoms with Crippen molar-refractivity contribution in [2.45, 2.75) is 37.9 Å². The Balaban J connectivity index is 2.16. The number of aliphatic hydroxyl groups excluding tert-OH is 2. The van der Waals surface area contributed by atoms with Crippen LogP contribution in [0, 0.1) is 17.8 Å². The number of ether oxygens (including phenoxy) is 1. The molecule has 1 fully saturated rings. The third-order valence-electron chi connectivity index (χ3n) is 4.21. The molecule has 1 aliphatic rings. The van der Waals surface area contributed by atoms with E-state index >= 15 is 0 Å². The maximum Gasteiger partial charge on any atom is 0.222 e. The van der Waals surface area contributed by atoms with Gasteiger partial charge in [0.05, 0.1) is 37.3 Å². The van der Waals surface area contributed by atoms with Gasteiger partial charge in [0, 0.05) is 0 Å². The molecular formula is C15H19N5O4. The van der Waals surface area contributed by atoms with Crippen molar-refractivity contribution in [1.29, 1.82) is 0 Å². The number of fused-ring (bicyclic) bond motifs is 1. The second kappa shape index (κ2) is 5.99. The molecule has 1 saturated heterocycles. The molecule has 0 saturated carbocycles. The molecule has 5 atom stereocenters. The normalized spacial score (nSPS) is 31.0. The zero-order valence-electron chi connectivity index (χ0n) is 13.3. The first-order valence-corrected chi connectivity index (χ1v) is 7.48. The fourth-order valence-electron chi connectivity index (χ4n) is 3.12. The third kappa shape index (κ3) is 2.40. The maximum atomic E-state index is 11.1. The summed E-state index contributed by atoms with van der Waals surface area (Å²) in [6, 6.07) is 0. The topological polar surface area (TPSA) is 140 Å². The standard InChI is InChI=1S/C15H19N5O4/c1-3-4-15(23)9(6-21)11(8(2)22)24-13(15)20-7-18-10-5-17-14(16)19-12(10)20/h5,7-9,11,13,21-23H,6H2,1-2H3,(H2,16,17,19)/t8-,9?,11+,13+,15?/m0/s1. The number of hydrogen-bond donors (Lipinski definition) is 4. The van der Waals surface area contributed by atoms with Crippen LogP contribution in [-0.4, -0.2) is 59.3 Å². The lowest BCUT2D eigenvalue weighted by Crippen LogP contribution is -2.44. The number of nitrogens with two attached hydrogens (primary N) is 1. The summed E-state index contributed by atoms with van der Waals surface area (Å²) >= 11 is 0. The van der Waals surface area contributed by atoms with Crippen LogP contribution < -0.4 is 5.73 Å². The molecule has 24 heavy (non-hydrogen) atoms.